The molecule has 3 heterocycles. The summed E-state index contributed by atoms with van der Waals surface area (Å²) < 4.78 is 5.97. The number of fused-ring (bicyclic) bond motifs is 2. The smallest absolute Gasteiger partial charge is 0.129 e. The van der Waals surface area contributed by atoms with Crippen molar-refractivity contribution in [2.45, 2.75) is 36.7 Å². The van der Waals surface area contributed by atoms with Gasteiger partial charge in [-0.2, -0.15) is 0 Å². The number of benzene rings is 1. The fraction of sp³-hybridized carbons (Fsp3) is 0.571. The molecule has 0 amide bonds. The lowest BCUT2D eigenvalue weighted by atomic mass is 10.0. The zero-order valence-electron chi connectivity index (χ0n) is 15.6. The number of morpholine rings is 1. The number of hydrogen-bond acceptors (Lipinski definition) is 5. The maximum atomic E-state index is 5.97. The van der Waals surface area contributed by atoms with Crippen molar-refractivity contribution in [3.8, 4) is 0 Å². The Kier molecular flexibility index (Phi) is 4.34. The van der Waals surface area contributed by atoms with E-state index in [4.69, 9.17) is 9.72 Å². The number of thioether (sulfide) groups is 1. The lowest BCUT2D eigenvalue weighted by molar-refractivity contribution is -0.0603. The highest BCUT2D eigenvalue weighted by atomic mass is 32.2. The minimum absolute atomic E-state index is 0.512. The predicted octanol–water partition coefficient (Wildman–Crippen LogP) is 3.56. The number of aromatic nitrogens is 1. The van der Waals surface area contributed by atoms with E-state index in [1.807, 2.05) is 0 Å². The highest BCUT2D eigenvalue weighted by molar-refractivity contribution is 7.98. The molecule has 2 aromatic rings. The second-order valence-corrected chi connectivity index (χ2v) is 8.84. The van der Waals surface area contributed by atoms with Gasteiger partial charge in [-0.1, -0.05) is 6.07 Å². The summed E-state index contributed by atoms with van der Waals surface area (Å²) in [5.41, 5.74) is 2.43. The molecule has 1 aliphatic carbocycles. The summed E-state index contributed by atoms with van der Waals surface area (Å²) in [6.45, 7) is 7.24. The van der Waals surface area contributed by atoms with Gasteiger partial charge in [-0.05, 0) is 55.7 Å². The SMILES string of the molecule is CSc1ccc2c(C)cc(N3CCN4[C@@H](COC[C@@H]4C4CC4)C3)nc2c1. The minimum Gasteiger partial charge on any atom is -0.378 e. The zero-order chi connectivity index (χ0) is 17.7. The first-order valence-corrected chi connectivity index (χ1v) is 11.0. The first-order chi connectivity index (χ1) is 12.7. The van der Waals surface area contributed by atoms with Crippen LogP contribution < -0.4 is 4.90 Å². The van der Waals surface area contributed by atoms with Gasteiger partial charge >= 0.3 is 0 Å². The summed E-state index contributed by atoms with van der Waals surface area (Å²) in [4.78, 5) is 11.5. The molecule has 138 valence electrons. The Morgan fingerprint density at radius 1 is 1.15 bits per heavy atom. The molecule has 3 fully saturated rings. The maximum Gasteiger partial charge on any atom is 0.129 e. The number of pyridine rings is 1. The maximum absolute atomic E-state index is 5.97. The van der Waals surface area contributed by atoms with Crippen LogP contribution in [0, 0.1) is 12.8 Å². The number of nitrogens with zero attached hydrogens (tertiary/aromatic N) is 3. The molecule has 0 bridgehead atoms. The van der Waals surface area contributed by atoms with E-state index in [0.29, 0.717) is 12.1 Å². The van der Waals surface area contributed by atoms with Crippen molar-refractivity contribution in [2.24, 2.45) is 5.92 Å². The molecule has 1 aromatic carbocycles. The molecule has 26 heavy (non-hydrogen) atoms. The number of ether oxygens (including phenoxy) is 1. The van der Waals surface area contributed by atoms with Crippen molar-refractivity contribution in [3.05, 3.63) is 29.8 Å². The van der Waals surface area contributed by atoms with Crippen LogP contribution in [-0.4, -0.2) is 61.1 Å². The Labute approximate surface area is 159 Å². The quantitative estimate of drug-likeness (QED) is 0.772. The van der Waals surface area contributed by atoms with Crippen LogP contribution in [0.25, 0.3) is 10.9 Å². The zero-order valence-corrected chi connectivity index (χ0v) is 16.5. The molecule has 2 atom stereocenters. The Hall–Kier alpha value is -1.30. The molecule has 1 saturated carbocycles. The van der Waals surface area contributed by atoms with E-state index in [1.54, 1.807) is 11.8 Å². The summed E-state index contributed by atoms with van der Waals surface area (Å²) in [6.07, 6.45) is 4.91. The van der Waals surface area contributed by atoms with Gasteiger partial charge in [0.2, 0.25) is 0 Å². The lowest BCUT2D eigenvalue weighted by Crippen LogP contribution is -2.62. The average molecular weight is 370 g/mol. The normalized spacial score (nSPS) is 26.9. The molecular formula is C21H27N3OS. The molecule has 0 spiro atoms. The summed E-state index contributed by atoms with van der Waals surface area (Å²) in [6, 6.07) is 10.1. The number of aryl methyl sites for hydroxylation is 1. The number of anilines is 1. The van der Waals surface area contributed by atoms with E-state index < -0.39 is 0 Å². The van der Waals surface area contributed by atoms with E-state index in [9.17, 15) is 0 Å². The molecule has 1 aromatic heterocycles. The summed E-state index contributed by atoms with van der Waals surface area (Å²) in [5.74, 6) is 2.01. The number of rotatable bonds is 3. The van der Waals surface area contributed by atoms with Gasteiger partial charge in [-0.3, -0.25) is 4.90 Å². The Bertz CT molecular complexity index is 822. The van der Waals surface area contributed by atoms with Crippen LogP contribution in [0.1, 0.15) is 18.4 Å². The van der Waals surface area contributed by atoms with Crippen LogP contribution in [0.15, 0.2) is 29.2 Å². The van der Waals surface area contributed by atoms with Crippen LogP contribution in [0.4, 0.5) is 5.82 Å². The largest absolute Gasteiger partial charge is 0.378 e. The van der Waals surface area contributed by atoms with Crippen molar-refractivity contribution in [3.63, 3.8) is 0 Å². The Morgan fingerprint density at radius 2 is 2.04 bits per heavy atom. The van der Waals surface area contributed by atoms with Crippen LogP contribution in [0.3, 0.4) is 0 Å². The highest BCUT2D eigenvalue weighted by Crippen LogP contribution is 2.38. The molecule has 3 aliphatic rings. The van der Waals surface area contributed by atoms with Crippen LogP contribution >= 0.6 is 11.8 Å². The molecule has 0 unspecified atom stereocenters. The number of hydrogen-bond donors (Lipinski definition) is 0. The molecule has 2 saturated heterocycles. The van der Waals surface area contributed by atoms with Crippen molar-refractivity contribution >= 4 is 28.5 Å². The standard InChI is InChI=1S/C21H27N3OS/c1-14-9-21(22-19-10-17(26-2)5-6-18(14)19)23-7-8-24-16(11-23)12-25-13-20(24)15-3-4-15/h5-6,9-10,15-16,20H,3-4,7-8,11-13H2,1-2H3/t16-,20-/m1/s1. The van der Waals surface area contributed by atoms with Crippen molar-refractivity contribution in [2.75, 3.05) is 44.0 Å². The second-order valence-electron chi connectivity index (χ2n) is 7.96. The molecular weight excluding hydrogens is 342 g/mol. The first-order valence-electron chi connectivity index (χ1n) is 9.77. The van der Waals surface area contributed by atoms with Crippen LogP contribution in [0.2, 0.25) is 0 Å². The minimum atomic E-state index is 0.512. The van der Waals surface area contributed by atoms with Gasteiger partial charge in [-0.15, -0.1) is 11.8 Å². The van der Waals surface area contributed by atoms with E-state index >= 15 is 0 Å². The van der Waals surface area contributed by atoms with Crippen molar-refractivity contribution in [1.29, 1.82) is 0 Å². The van der Waals surface area contributed by atoms with Gasteiger partial charge in [0.15, 0.2) is 0 Å². The van der Waals surface area contributed by atoms with Gasteiger partial charge < -0.3 is 9.64 Å². The van der Waals surface area contributed by atoms with E-state index in [-0.39, 0.29) is 0 Å². The summed E-state index contributed by atoms with van der Waals surface area (Å²) in [5, 5.41) is 1.26. The summed E-state index contributed by atoms with van der Waals surface area (Å²) in [7, 11) is 0. The molecule has 5 heteroatoms. The van der Waals surface area contributed by atoms with Gasteiger partial charge in [0.25, 0.3) is 0 Å². The second kappa shape index (κ2) is 6.70. The van der Waals surface area contributed by atoms with Gasteiger partial charge in [-0.25, -0.2) is 4.98 Å². The third-order valence-corrected chi connectivity index (χ3v) is 6.98. The van der Waals surface area contributed by atoms with Crippen molar-refractivity contribution in [1.82, 2.24) is 9.88 Å². The van der Waals surface area contributed by atoms with E-state index in [2.05, 4.69) is 47.2 Å². The van der Waals surface area contributed by atoms with E-state index in [1.165, 1.54) is 28.7 Å². The molecule has 0 radical (unpaired) electrons. The van der Waals surface area contributed by atoms with Gasteiger partial charge in [0.1, 0.15) is 5.82 Å². The third kappa shape index (κ3) is 3.00. The van der Waals surface area contributed by atoms with Gasteiger partial charge in [0.05, 0.1) is 24.8 Å². The molecule has 4 nitrogen and oxygen atoms in total. The van der Waals surface area contributed by atoms with Crippen LogP contribution in [-0.2, 0) is 4.74 Å². The molecule has 2 aliphatic heterocycles. The lowest BCUT2D eigenvalue weighted by Gasteiger charge is -2.48. The fourth-order valence-corrected chi connectivity index (χ4v) is 5.06. The Balaban J connectivity index is 1.41. The molecule has 0 N–H and O–H groups in total. The van der Waals surface area contributed by atoms with Gasteiger partial charge in [0, 0.05) is 36.0 Å². The fourth-order valence-electron chi connectivity index (χ4n) is 4.62. The average Bonchev–Trinajstić information content (AvgIpc) is 3.51. The Morgan fingerprint density at radius 3 is 2.85 bits per heavy atom. The third-order valence-electron chi connectivity index (χ3n) is 6.25. The first kappa shape index (κ1) is 16.8. The predicted molar refractivity (Wildman–Crippen MR) is 108 cm³/mol. The van der Waals surface area contributed by atoms with Crippen LogP contribution in [0.5, 0.6) is 0 Å². The topological polar surface area (TPSA) is 28.6 Å². The summed E-state index contributed by atoms with van der Waals surface area (Å²) >= 11 is 1.78. The number of piperazine rings is 1. The van der Waals surface area contributed by atoms with Crippen molar-refractivity contribution < 1.29 is 4.74 Å². The van der Waals surface area contributed by atoms with E-state index in [0.717, 1.165) is 50.1 Å². The molecule has 5 rings (SSSR count). The monoisotopic (exact) mass is 369 g/mol. The highest BCUT2D eigenvalue weighted by Gasteiger charge is 2.43.